The van der Waals surface area contributed by atoms with Crippen molar-refractivity contribution in [2.75, 3.05) is 19.8 Å². The van der Waals surface area contributed by atoms with Gasteiger partial charge in [-0.2, -0.15) is 0 Å². The molecule has 2 unspecified atom stereocenters. The Labute approximate surface area is 113 Å². The van der Waals surface area contributed by atoms with Crippen LogP contribution in [-0.4, -0.2) is 37.0 Å². The molecule has 18 heavy (non-hydrogen) atoms. The van der Waals surface area contributed by atoms with Crippen molar-refractivity contribution in [1.29, 1.82) is 0 Å². The summed E-state index contributed by atoms with van der Waals surface area (Å²) < 4.78 is 5.47. The number of rotatable bonds is 9. The molecule has 4 heteroatoms. The Morgan fingerprint density at radius 1 is 1.56 bits per heavy atom. The van der Waals surface area contributed by atoms with Crippen LogP contribution in [0.3, 0.4) is 0 Å². The Morgan fingerprint density at radius 3 is 3.06 bits per heavy atom. The summed E-state index contributed by atoms with van der Waals surface area (Å²) in [6.45, 7) is 4.03. The highest BCUT2D eigenvalue weighted by molar-refractivity contribution is 7.09. The maximum absolute atomic E-state index is 9.77. The Hall–Kier alpha value is -0.420. The topological polar surface area (TPSA) is 41.5 Å². The molecule has 0 bridgehead atoms. The van der Waals surface area contributed by atoms with Gasteiger partial charge in [0.2, 0.25) is 0 Å². The summed E-state index contributed by atoms with van der Waals surface area (Å²) in [5.41, 5.74) is 0. The van der Waals surface area contributed by atoms with Crippen LogP contribution in [0.5, 0.6) is 0 Å². The molecule has 0 aromatic carbocycles. The third-order valence-electron chi connectivity index (χ3n) is 3.15. The number of hydrogen-bond donors (Lipinski definition) is 2. The number of ether oxygens (including phenoxy) is 1. The van der Waals surface area contributed by atoms with Crippen molar-refractivity contribution in [2.24, 2.45) is 5.92 Å². The summed E-state index contributed by atoms with van der Waals surface area (Å²) in [5, 5.41) is 15.2. The molecule has 0 aliphatic heterocycles. The summed E-state index contributed by atoms with van der Waals surface area (Å²) >= 11 is 1.78. The van der Waals surface area contributed by atoms with Crippen molar-refractivity contribution < 1.29 is 9.84 Å². The number of nitrogens with one attached hydrogen (secondary N) is 1. The Balaban J connectivity index is 1.52. The van der Waals surface area contributed by atoms with Gasteiger partial charge in [0, 0.05) is 24.1 Å². The Bertz CT molecular complexity index is 325. The molecule has 0 radical (unpaired) electrons. The lowest BCUT2D eigenvalue weighted by molar-refractivity contribution is 0.0315. The summed E-state index contributed by atoms with van der Waals surface area (Å²) in [5.74, 6) is 0.767. The zero-order chi connectivity index (χ0) is 12.8. The van der Waals surface area contributed by atoms with E-state index in [1.165, 1.54) is 17.7 Å². The molecule has 2 atom stereocenters. The maximum Gasteiger partial charge on any atom is 0.0897 e. The predicted molar refractivity (Wildman–Crippen MR) is 75.0 cm³/mol. The minimum Gasteiger partial charge on any atom is -0.389 e. The molecule has 1 aliphatic rings. The van der Waals surface area contributed by atoms with E-state index in [2.05, 4.69) is 29.8 Å². The van der Waals surface area contributed by atoms with Crippen molar-refractivity contribution in [3.63, 3.8) is 0 Å². The van der Waals surface area contributed by atoms with E-state index in [0.29, 0.717) is 19.2 Å². The first-order valence-corrected chi connectivity index (χ1v) is 7.63. The molecule has 1 fully saturated rings. The van der Waals surface area contributed by atoms with Gasteiger partial charge in [-0.1, -0.05) is 6.07 Å². The molecule has 2 N–H and O–H groups in total. The fourth-order valence-electron chi connectivity index (χ4n) is 1.85. The molecular weight excluding hydrogens is 246 g/mol. The quantitative estimate of drug-likeness (QED) is 0.721. The lowest BCUT2D eigenvalue weighted by atomic mass is 10.2. The highest BCUT2D eigenvalue weighted by atomic mass is 32.1. The normalized spacial score (nSPS) is 18.8. The van der Waals surface area contributed by atoms with Crippen molar-refractivity contribution in [1.82, 2.24) is 5.32 Å². The third kappa shape index (κ3) is 5.48. The minimum atomic E-state index is -0.394. The van der Waals surface area contributed by atoms with Gasteiger partial charge in [-0.15, -0.1) is 11.3 Å². The van der Waals surface area contributed by atoms with Crippen molar-refractivity contribution in [3.8, 4) is 0 Å². The van der Waals surface area contributed by atoms with E-state index in [1.807, 2.05) is 0 Å². The molecule has 1 aliphatic carbocycles. The fraction of sp³-hybridized carbons (Fsp3) is 0.714. The number of thiophene rings is 1. The van der Waals surface area contributed by atoms with Gasteiger partial charge in [-0.3, -0.25) is 0 Å². The molecule has 0 spiro atoms. The van der Waals surface area contributed by atoms with E-state index < -0.39 is 6.10 Å². The van der Waals surface area contributed by atoms with Gasteiger partial charge < -0.3 is 15.2 Å². The fourth-order valence-corrected chi connectivity index (χ4v) is 2.69. The molecular formula is C14H23NO2S. The van der Waals surface area contributed by atoms with Crippen LogP contribution in [0, 0.1) is 5.92 Å². The monoisotopic (exact) mass is 269 g/mol. The van der Waals surface area contributed by atoms with E-state index in [1.54, 1.807) is 11.3 Å². The van der Waals surface area contributed by atoms with E-state index in [4.69, 9.17) is 4.74 Å². The number of aliphatic hydroxyl groups excluding tert-OH is 1. The van der Waals surface area contributed by atoms with Gasteiger partial charge in [-0.05, 0) is 43.6 Å². The zero-order valence-corrected chi connectivity index (χ0v) is 11.8. The van der Waals surface area contributed by atoms with Gasteiger partial charge in [-0.25, -0.2) is 0 Å². The highest BCUT2D eigenvalue weighted by Crippen LogP contribution is 2.28. The molecule has 3 nitrogen and oxygen atoms in total. The molecule has 1 heterocycles. The summed E-state index contributed by atoms with van der Waals surface area (Å²) in [4.78, 5) is 1.38. The van der Waals surface area contributed by atoms with Gasteiger partial charge in [0.05, 0.1) is 12.7 Å². The average Bonchev–Trinajstić information content (AvgIpc) is 3.03. The van der Waals surface area contributed by atoms with Crippen molar-refractivity contribution >= 4 is 11.3 Å². The molecule has 1 aromatic rings. The van der Waals surface area contributed by atoms with Gasteiger partial charge in [0.25, 0.3) is 0 Å². The number of hydrogen-bond acceptors (Lipinski definition) is 4. The second-order valence-corrected chi connectivity index (χ2v) is 6.26. The Kier molecular flexibility index (Phi) is 5.63. The van der Waals surface area contributed by atoms with E-state index in [9.17, 15) is 5.11 Å². The largest absolute Gasteiger partial charge is 0.389 e. The highest BCUT2D eigenvalue weighted by Gasteiger charge is 2.21. The molecule has 1 aromatic heterocycles. The first-order chi connectivity index (χ1) is 8.74. The second-order valence-electron chi connectivity index (χ2n) is 5.23. The van der Waals surface area contributed by atoms with E-state index in [-0.39, 0.29) is 0 Å². The van der Waals surface area contributed by atoms with E-state index in [0.717, 1.165) is 18.9 Å². The van der Waals surface area contributed by atoms with Crippen LogP contribution in [0.25, 0.3) is 0 Å². The standard InChI is InChI=1S/C14H23NO2S/c1-11(7-14-3-2-6-18-14)15-8-13(16)10-17-9-12-4-5-12/h2-3,6,11-13,15-16H,4-5,7-10H2,1H3. The van der Waals surface area contributed by atoms with Crippen LogP contribution < -0.4 is 5.32 Å². The summed E-state index contributed by atoms with van der Waals surface area (Å²) in [6.07, 6.45) is 3.22. The maximum atomic E-state index is 9.77. The summed E-state index contributed by atoms with van der Waals surface area (Å²) in [7, 11) is 0. The van der Waals surface area contributed by atoms with Gasteiger partial charge >= 0.3 is 0 Å². The number of aliphatic hydroxyl groups is 1. The molecule has 0 amide bonds. The van der Waals surface area contributed by atoms with Crippen LogP contribution in [0.2, 0.25) is 0 Å². The van der Waals surface area contributed by atoms with Crippen molar-refractivity contribution in [3.05, 3.63) is 22.4 Å². The first kappa shape index (κ1) is 14.0. The van der Waals surface area contributed by atoms with E-state index >= 15 is 0 Å². The van der Waals surface area contributed by atoms with Gasteiger partial charge in [0.1, 0.15) is 0 Å². The predicted octanol–water partition coefficient (Wildman–Crippen LogP) is 2.06. The molecule has 0 saturated heterocycles. The van der Waals surface area contributed by atoms with Crippen LogP contribution >= 0.6 is 11.3 Å². The average molecular weight is 269 g/mol. The van der Waals surface area contributed by atoms with Crippen molar-refractivity contribution in [2.45, 2.75) is 38.3 Å². The molecule has 1 saturated carbocycles. The summed E-state index contributed by atoms with van der Waals surface area (Å²) in [6, 6.07) is 4.62. The molecule has 2 rings (SSSR count). The Morgan fingerprint density at radius 2 is 2.39 bits per heavy atom. The van der Waals surface area contributed by atoms with Crippen LogP contribution in [0.4, 0.5) is 0 Å². The lowest BCUT2D eigenvalue weighted by Gasteiger charge is -2.16. The van der Waals surface area contributed by atoms with Crippen LogP contribution in [-0.2, 0) is 11.2 Å². The first-order valence-electron chi connectivity index (χ1n) is 6.75. The lowest BCUT2D eigenvalue weighted by Crippen LogP contribution is -2.37. The SMILES string of the molecule is CC(Cc1cccs1)NCC(O)COCC1CC1. The van der Waals surface area contributed by atoms with Crippen LogP contribution in [0.15, 0.2) is 17.5 Å². The third-order valence-corrected chi connectivity index (χ3v) is 4.05. The van der Waals surface area contributed by atoms with Gasteiger partial charge in [0.15, 0.2) is 0 Å². The molecule has 102 valence electrons. The smallest absolute Gasteiger partial charge is 0.0897 e. The minimum absolute atomic E-state index is 0.390. The van der Waals surface area contributed by atoms with Crippen LogP contribution in [0.1, 0.15) is 24.6 Å². The zero-order valence-electron chi connectivity index (χ0n) is 11.0. The second kappa shape index (κ2) is 7.24.